The summed E-state index contributed by atoms with van der Waals surface area (Å²) in [6.45, 7) is 0. The number of pyridine rings is 1. The zero-order valence-electron chi connectivity index (χ0n) is 7.49. The second-order valence-corrected chi connectivity index (χ2v) is 4.44. The van der Waals surface area contributed by atoms with Crippen LogP contribution in [0.15, 0.2) is 29.1 Å². The van der Waals surface area contributed by atoms with Gasteiger partial charge in [-0.2, -0.15) is 5.10 Å². The van der Waals surface area contributed by atoms with Crippen LogP contribution in [0.5, 0.6) is 0 Å². The van der Waals surface area contributed by atoms with E-state index in [1.807, 2.05) is 6.07 Å². The van der Waals surface area contributed by atoms with Crippen LogP contribution in [0.3, 0.4) is 0 Å². The molecule has 0 bridgehead atoms. The fourth-order valence-corrected chi connectivity index (χ4v) is 1.99. The fourth-order valence-electron chi connectivity index (χ4n) is 1.13. The van der Waals surface area contributed by atoms with E-state index in [4.69, 9.17) is 23.2 Å². The Kier molecular flexibility index (Phi) is 3.29. The summed E-state index contributed by atoms with van der Waals surface area (Å²) in [5.74, 6) is 1.13. The molecule has 2 rings (SSSR count). The summed E-state index contributed by atoms with van der Waals surface area (Å²) >= 11 is 14.9. The van der Waals surface area contributed by atoms with Crippen LogP contribution >= 0.6 is 39.1 Å². The van der Waals surface area contributed by atoms with Crippen LogP contribution in [0, 0.1) is 0 Å². The summed E-state index contributed by atoms with van der Waals surface area (Å²) in [5, 5.41) is 4.64. The van der Waals surface area contributed by atoms with Crippen molar-refractivity contribution in [1.29, 1.82) is 0 Å². The van der Waals surface area contributed by atoms with E-state index < -0.39 is 0 Å². The van der Waals surface area contributed by atoms with Crippen molar-refractivity contribution < 1.29 is 0 Å². The van der Waals surface area contributed by atoms with E-state index in [1.54, 1.807) is 23.3 Å². The third kappa shape index (κ3) is 2.33. The molecule has 0 saturated heterocycles. The highest BCUT2D eigenvalue weighted by Gasteiger charge is 2.06. The number of rotatable bonds is 2. The highest BCUT2D eigenvalue weighted by Crippen LogP contribution is 2.21. The first-order chi connectivity index (χ1) is 7.20. The Hall–Kier alpha value is -0.580. The summed E-state index contributed by atoms with van der Waals surface area (Å²) in [6, 6.07) is 1.91. The van der Waals surface area contributed by atoms with Gasteiger partial charge < -0.3 is 0 Å². The quantitative estimate of drug-likeness (QED) is 0.796. The minimum absolute atomic E-state index is 0.436. The van der Waals surface area contributed by atoms with Crippen LogP contribution < -0.4 is 0 Å². The molecule has 15 heavy (non-hydrogen) atoms. The number of alkyl halides is 1. The molecule has 3 nitrogen and oxygen atoms in total. The average Bonchev–Trinajstić information content (AvgIpc) is 2.64. The predicted octanol–water partition coefficient (Wildman–Crippen LogP) is 3.42. The van der Waals surface area contributed by atoms with Crippen molar-refractivity contribution in [3.05, 3.63) is 39.7 Å². The van der Waals surface area contributed by atoms with Gasteiger partial charge in [-0.25, -0.2) is 9.67 Å². The summed E-state index contributed by atoms with van der Waals surface area (Å²) in [7, 11) is 0. The monoisotopic (exact) mass is 305 g/mol. The van der Waals surface area contributed by atoms with E-state index in [0.29, 0.717) is 16.7 Å². The summed E-state index contributed by atoms with van der Waals surface area (Å²) in [6.07, 6.45) is 4.96. The van der Waals surface area contributed by atoms with Gasteiger partial charge in [-0.3, -0.25) is 0 Å². The van der Waals surface area contributed by atoms with E-state index in [9.17, 15) is 0 Å². The van der Waals surface area contributed by atoms with Gasteiger partial charge in [-0.15, -0.1) is 11.6 Å². The van der Waals surface area contributed by atoms with E-state index >= 15 is 0 Å². The molecule has 0 aromatic carbocycles. The molecule has 78 valence electrons. The summed E-state index contributed by atoms with van der Waals surface area (Å²) in [5.41, 5.74) is 0.950. The lowest BCUT2D eigenvalue weighted by atomic mass is 10.3. The van der Waals surface area contributed by atoms with Crippen LogP contribution in [-0.2, 0) is 5.88 Å². The summed E-state index contributed by atoms with van der Waals surface area (Å²) in [4.78, 5) is 4.24. The smallest absolute Gasteiger partial charge is 0.167 e. The largest absolute Gasteiger partial charge is 0.236 e. The SMILES string of the molecule is ClCc1cnc(-n2cc(Cl)cn2)c(Br)c1. The van der Waals surface area contributed by atoms with Gasteiger partial charge in [0.25, 0.3) is 0 Å². The molecule has 0 unspecified atom stereocenters. The van der Waals surface area contributed by atoms with E-state index in [0.717, 1.165) is 10.0 Å². The molecular weight excluding hydrogens is 301 g/mol. The number of nitrogens with zero attached hydrogens (tertiary/aromatic N) is 3. The van der Waals surface area contributed by atoms with Gasteiger partial charge in [0.1, 0.15) is 0 Å². The van der Waals surface area contributed by atoms with Crippen molar-refractivity contribution in [3.63, 3.8) is 0 Å². The molecule has 2 aromatic heterocycles. The molecule has 2 aromatic rings. The van der Waals surface area contributed by atoms with Crippen molar-refractivity contribution in [2.75, 3.05) is 0 Å². The molecule has 0 atom stereocenters. The molecule has 0 saturated carbocycles. The van der Waals surface area contributed by atoms with E-state index in [1.165, 1.54) is 0 Å². The van der Waals surface area contributed by atoms with Crippen molar-refractivity contribution in [3.8, 4) is 5.82 Å². The predicted molar refractivity (Wildman–Crippen MR) is 63.6 cm³/mol. The zero-order chi connectivity index (χ0) is 10.8. The second kappa shape index (κ2) is 4.51. The Morgan fingerprint density at radius 3 is 2.73 bits per heavy atom. The van der Waals surface area contributed by atoms with Gasteiger partial charge in [0.05, 0.1) is 21.9 Å². The lowest BCUT2D eigenvalue weighted by molar-refractivity contribution is 0.839. The molecule has 0 radical (unpaired) electrons. The van der Waals surface area contributed by atoms with E-state index in [2.05, 4.69) is 26.0 Å². The Balaban J connectivity index is 2.45. The lowest BCUT2D eigenvalue weighted by Crippen LogP contribution is -1.99. The Morgan fingerprint density at radius 1 is 1.40 bits per heavy atom. The average molecular weight is 307 g/mol. The molecule has 0 amide bonds. The van der Waals surface area contributed by atoms with Gasteiger partial charge >= 0.3 is 0 Å². The Morgan fingerprint density at radius 2 is 2.20 bits per heavy atom. The molecule has 6 heteroatoms. The van der Waals surface area contributed by atoms with Crippen molar-refractivity contribution in [2.45, 2.75) is 5.88 Å². The minimum Gasteiger partial charge on any atom is -0.236 e. The molecule has 2 heterocycles. The first-order valence-corrected chi connectivity index (χ1v) is 5.82. The first-order valence-electron chi connectivity index (χ1n) is 4.11. The molecule has 0 fully saturated rings. The van der Waals surface area contributed by atoms with Crippen molar-refractivity contribution >= 4 is 39.1 Å². The second-order valence-electron chi connectivity index (χ2n) is 2.89. The maximum atomic E-state index is 5.77. The van der Waals surface area contributed by atoms with Crippen molar-refractivity contribution in [1.82, 2.24) is 14.8 Å². The Labute approximate surface area is 105 Å². The normalized spacial score (nSPS) is 10.6. The molecular formula is C9H6BrCl2N3. The maximum absolute atomic E-state index is 5.77. The number of halogens is 3. The van der Waals surface area contributed by atoms with Gasteiger partial charge in [0, 0.05) is 12.1 Å². The molecule has 0 aliphatic carbocycles. The number of hydrogen-bond donors (Lipinski definition) is 0. The van der Waals surface area contributed by atoms with Crippen LogP contribution in [0.4, 0.5) is 0 Å². The van der Waals surface area contributed by atoms with Crippen LogP contribution in [0.1, 0.15) is 5.56 Å². The molecule has 0 N–H and O–H groups in total. The van der Waals surface area contributed by atoms with Gasteiger partial charge in [0.2, 0.25) is 0 Å². The molecule has 0 aliphatic rings. The maximum Gasteiger partial charge on any atom is 0.167 e. The minimum atomic E-state index is 0.436. The highest BCUT2D eigenvalue weighted by atomic mass is 79.9. The number of hydrogen-bond acceptors (Lipinski definition) is 2. The van der Waals surface area contributed by atoms with Gasteiger partial charge in [-0.1, -0.05) is 11.6 Å². The van der Waals surface area contributed by atoms with Gasteiger partial charge in [-0.05, 0) is 27.6 Å². The molecule has 0 aliphatic heterocycles. The van der Waals surface area contributed by atoms with E-state index in [-0.39, 0.29) is 0 Å². The van der Waals surface area contributed by atoms with Gasteiger partial charge in [0.15, 0.2) is 5.82 Å². The third-order valence-electron chi connectivity index (χ3n) is 1.80. The fraction of sp³-hybridized carbons (Fsp3) is 0.111. The van der Waals surface area contributed by atoms with Crippen LogP contribution in [-0.4, -0.2) is 14.8 Å². The standard InChI is InChI=1S/C9H6BrCl2N3/c10-8-1-6(2-11)3-13-9(8)15-5-7(12)4-14-15/h1,3-5H,2H2. The topological polar surface area (TPSA) is 30.7 Å². The highest BCUT2D eigenvalue weighted by molar-refractivity contribution is 9.10. The van der Waals surface area contributed by atoms with Crippen LogP contribution in [0.25, 0.3) is 5.82 Å². The third-order valence-corrected chi connectivity index (χ3v) is 2.89. The first kappa shape index (κ1) is 10.9. The van der Waals surface area contributed by atoms with Crippen molar-refractivity contribution in [2.24, 2.45) is 0 Å². The zero-order valence-corrected chi connectivity index (χ0v) is 10.6. The number of aromatic nitrogens is 3. The Bertz CT molecular complexity index is 484. The molecule has 0 spiro atoms. The lowest BCUT2D eigenvalue weighted by Gasteiger charge is -2.04. The van der Waals surface area contributed by atoms with Crippen LogP contribution in [0.2, 0.25) is 5.02 Å². The summed E-state index contributed by atoms with van der Waals surface area (Å²) < 4.78 is 2.44.